The van der Waals surface area contributed by atoms with Crippen molar-refractivity contribution in [2.24, 2.45) is 0 Å². The molecule has 0 aromatic carbocycles. The minimum atomic E-state index is -0.841. The maximum Gasteiger partial charge on any atom is 0.303 e. The van der Waals surface area contributed by atoms with Gasteiger partial charge in [-0.2, -0.15) is 0 Å². The van der Waals surface area contributed by atoms with Gasteiger partial charge in [-0.05, 0) is 12.5 Å². The Kier molecular flexibility index (Phi) is 5.64. The normalized spacial score (nSPS) is 9.00. The first-order chi connectivity index (χ1) is 5.66. The molecule has 0 rings (SSSR count). The van der Waals surface area contributed by atoms with E-state index in [4.69, 9.17) is 5.11 Å². The van der Waals surface area contributed by atoms with E-state index < -0.39 is 5.97 Å². The molecule has 0 heterocycles. The minimum absolute atomic E-state index is 0.0942. The van der Waals surface area contributed by atoms with E-state index in [0.717, 1.165) is 6.08 Å². The van der Waals surface area contributed by atoms with Crippen molar-refractivity contribution in [3.8, 4) is 0 Å². The van der Waals surface area contributed by atoms with Crippen LogP contribution in [0.2, 0.25) is 0 Å². The maximum absolute atomic E-state index is 10.5. The van der Waals surface area contributed by atoms with Crippen molar-refractivity contribution >= 4 is 11.9 Å². The highest BCUT2D eigenvalue weighted by atomic mass is 16.4. The molecular formula is C7H12N2O3. The molecule has 0 atom stereocenters. The van der Waals surface area contributed by atoms with Gasteiger partial charge in [0, 0.05) is 13.0 Å². The third-order valence-electron chi connectivity index (χ3n) is 1.09. The monoisotopic (exact) mass is 172 g/mol. The fourth-order valence-electron chi connectivity index (χ4n) is 0.529. The number of carboxylic acid groups (broad SMARTS) is 1. The van der Waals surface area contributed by atoms with Gasteiger partial charge in [0.05, 0.1) is 0 Å². The summed E-state index contributed by atoms with van der Waals surface area (Å²) in [5.41, 5.74) is 4.86. The van der Waals surface area contributed by atoms with Gasteiger partial charge < -0.3 is 5.11 Å². The van der Waals surface area contributed by atoms with Crippen LogP contribution >= 0.6 is 0 Å². The molecule has 0 saturated carbocycles. The Morgan fingerprint density at radius 1 is 1.50 bits per heavy atom. The van der Waals surface area contributed by atoms with E-state index >= 15 is 0 Å². The molecule has 12 heavy (non-hydrogen) atoms. The summed E-state index contributed by atoms with van der Waals surface area (Å²) < 4.78 is 0. The summed E-state index contributed by atoms with van der Waals surface area (Å²) in [7, 11) is 0. The number of aliphatic carboxylic acids is 1. The van der Waals surface area contributed by atoms with Gasteiger partial charge in [-0.1, -0.05) is 6.58 Å². The van der Waals surface area contributed by atoms with E-state index in [2.05, 4.69) is 17.4 Å². The molecule has 5 heteroatoms. The summed E-state index contributed by atoms with van der Waals surface area (Å²) in [6.45, 7) is 3.68. The van der Waals surface area contributed by atoms with E-state index in [0.29, 0.717) is 13.0 Å². The quantitative estimate of drug-likeness (QED) is 0.291. The van der Waals surface area contributed by atoms with Crippen molar-refractivity contribution in [3.05, 3.63) is 12.7 Å². The standard InChI is InChI=1S/C7H12N2O3/c1-2-6(10)9-8-5-3-4-7(11)12/h2,8H,1,3-5H2,(H,9,10)(H,11,12). The molecule has 0 aliphatic carbocycles. The second-order valence-corrected chi connectivity index (χ2v) is 2.12. The lowest BCUT2D eigenvalue weighted by Crippen LogP contribution is -2.36. The average molecular weight is 172 g/mol. The second-order valence-electron chi connectivity index (χ2n) is 2.12. The Hall–Kier alpha value is -1.36. The molecule has 0 aliphatic rings. The van der Waals surface area contributed by atoms with E-state index in [1.54, 1.807) is 0 Å². The molecule has 0 spiro atoms. The number of hydrogen-bond donors (Lipinski definition) is 3. The molecule has 0 aromatic rings. The zero-order valence-electron chi connectivity index (χ0n) is 6.67. The predicted molar refractivity (Wildman–Crippen MR) is 43.2 cm³/mol. The summed E-state index contributed by atoms with van der Waals surface area (Å²) >= 11 is 0. The van der Waals surface area contributed by atoms with Crippen molar-refractivity contribution in [2.75, 3.05) is 6.54 Å². The van der Waals surface area contributed by atoms with Gasteiger partial charge in [0.1, 0.15) is 0 Å². The first-order valence-corrected chi connectivity index (χ1v) is 3.54. The van der Waals surface area contributed by atoms with Gasteiger partial charge in [-0.15, -0.1) is 0 Å². The van der Waals surface area contributed by atoms with Crippen LogP contribution in [0.15, 0.2) is 12.7 Å². The molecule has 0 unspecified atom stereocenters. The van der Waals surface area contributed by atoms with Crippen LogP contribution in [0.5, 0.6) is 0 Å². The maximum atomic E-state index is 10.5. The van der Waals surface area contributed by atoms with E-state index in [1.165, 1.54) is 0 Å². The first-order valence-electron chi connectivity index (χ1n) is 3.54. The van der Waals surface area contributed by atoms with Gasteiger partial charge in [0.2, 0.25) is 0 Å². The molecular weight excluding hydrogens is 160 g/mol. The van der Waals surface area contributed by atoms with Gasteiger partial charge in [0.15, 0.2) is 0 Å². The molecule has 0 bridgehead atoms. The molecule has 0 aliphatic heterocycles. The van der Waals surface area contributed by atoms with Crippen molar-refractivity contribution < 1.29 is 14.7 Å². The van der Waals surface area contributed by atoms with Crippen molar-refractivity contribution in [2.45, 2.75) is 12.8 Å². The Labute approximate surface area is 70.4 Å². The van der Waals surface area contributed by atoms with Crippen LogP contribution in [0, 0.1) is 0 Å². The highest BCUT2D eigenvalue weighted by Crippen LogP contribution is 1.84. The Morgan fingerprint density at radius 3 is 2.67 bits per heavy atom. The largest absolute Gasteiger partial charge is 0.481 e. The number of carbonyl (C=O) groups excluding carboxylic acids is 1. The molecule has 0 aromatic heterocycles. The van der Waals surface area contributed by atoms with E-state index in [9.17, 15) is 9.59 Å². The number of carboxylic acids is 1. The third-order valence-corrected chi connectivity index (χ3v) is 1.09. The zero-order valence-corrected chi connectivity index (χ0v) is 6.67. The number of carbonyl (C=O) groups is 2. The smallest absolute Gasteiger partial charge is 0.303 e. The number of hydrazine groups is 1. The van der Waals surface area contributed by atoms with E-state index in [1.807, 2.05) is 0 Å². The lowest BCUT2D eigenvalue weighted by molar-refractivity contribution is -0.137. The average Bonchev–Trinajstić information content (AvgIpc) is 2.03. The summed E-state index contributed by atoms with van der Waals surface area (Å²) in [6.07, 6.45) is 1.70. The Bertz CT molecular complexity index is 179. The van der Waals surface area contributed by atoms with Gasteiger partial charge >= 0.3 is 5.97 Å². The summed E-state index contributed by atoms with van der Waals surface area (Å²) in [6, 6.07) is 0. The van der Waals surface area contributed by atoms with Crippen LogP contribution in [0.1, 0.15) is 12.8 Å². The molecule has 0 saturated heterocycles. The molecule has 5 nitrogen and oxygen atoms in total. The van der Waals surface area contributed by atoms with Gasteiger partial charge in [-0.3, -0.25) is 15.0 Å². The lowest BCUT2D eigenvalue weighted by Gasteiger charge is -2.02. The Balaban J connectivity index is 3.16. The predicted octanol–water partition coefficient (Wildman–Crippen LogP) is -0.342. The zero-order chi connectivity index (χ0) is 9.40. The number of nitrogens with one attached hydrogen (secondary N) is 2. The highest BCUT2D eigenvalue weighted by Gasteiger charge is 1.95. The fraction of sp³-hybridized carbons (Fsp3) is 0.429. The number of rotatable bonds is 6. The van der Waals surface area contributed by atoms with Crippen molar-refractivity contribution in [1.82, 2.24) is 10.9 Å². The highest BCUT2D eigenvalue weighted by molar-refractivity contribution is 5.86. The molecule has 0 radical (unpaired) electrons. The topological polar surface area (TPSA) is 78.4 Å². The van der Waals surface area contributed by atoms with E-state index in [-0.39, 0.29) is 12.3 Å². The van der Waals surface area contributed by atoms with Crippen LogP contribution < -0.4 is 10.9 Å². The summed E-state index contributed by atoms with van der Waals surface area (Å²) in [5, 5.41) is 8.24. The number of amides is 1. The lowest BCUT2D eigenvalue weighted by atomic mass is 10.3. The van der Waals surface area contributed by atoms with Crippen LogP contribution in [0.3, 0.4) is 0 Å². The third kappa shape index (κ3) is 6.76. The summed E-state index contributed by atoms with van der Waals surface area (Å²) in [5.74, 6) is -1.17. The Morgan fingerprint density at radius 2 is 2.17 bits per heavy atom. The van der Waals surface area contributed by atoms with Gasteiger partial charge in [0.25, 0.3) is 5.91 Å². The molecule has 0 fully saturated rings. The summed E-state index contributed by atoms with van der Waals surface area (Å²) in [4.78, 5) is 20.5. The second kappa shape index (κ2) is 6.36. The molecule has 3 N–H and O–H groups in total. The van der Waals surface area contributed by atoms with Crippen LogP contribution in [-0.4, -0.2) is 23.5 Å². The molecule has 1 amide bonds. The SMILES string of the molecule is C=CC(=O)NNCCCC(=O)O. The molecule has 68 valence electrons. The minimum Gasteiger partial charge on any atom is -0.481 e. The van der Waals surface area contributed by atoms with Crippen LogP contribution in [0.4, 0.5) is 0 Å². The van der Waals surface area contributed by atoms with Crippen molar-refractivity contribution in [3.63, 3.8) is 0 Å². The van der Waals surface area contributed by atoms with Crippen LogP contribution in [0.25, 0.3) is 0 Å². The van der Waals surface area contributed by atoms with Gasteiger partial charge in [-0.25, -0.2) is 5.43 Å². The van der Waals surface area contributed by atoms with Crippen molar-refractivity contribution in [1.29, 1.82) is 0 Å². The fourth-order valence-corrected chi connectivity index (χ4v) is 0.529. The van der Waals surface area contributed by atoms with Crippen LogP contribution in [-0.2, 0) is 9.59 Å². The number of hydrogen-bond acceptors (Lipinski definition) is 3. The first kappa shape index (κ1) is 10.6.